The SMILES string of the molecule is CCOC(Cc1ccc(OCCN(CC(C)C)C(=O)Oc2ccccc2)cc1)C(=O)O. The Hall–Kier alpha value is -3.06. The summed E-state index contributed by atoms with van der Waals surface area (Å²) in [6.07, 6.45) is -0.983. The third-order valence-corrected chi connectivity index (χ3v) is 4.41. The normalized spacial score (nSPS) is 11.7. The van der Waals surface area contributed by atoms with Gasteiger partial charge >= 0.3 is 12.1 Å². The largest absolute Gasteiger partial charge is 0.492 e. The number of carboxylic acids is 1. The molecule has 0 fully saturated rings. The van der Waals surface area contributed by atoms with Gasteiger partial charge in [-0.05, 0) is 42.7 Å². The van der Waals surface area contributed by atoms with E-state index in [1.165, 1.54) is 0 Å². The lowest BCUT2D eigenvalue weighted by atomic mass is 10.1. The molecule has 7 heteroatoms. The number of benzene rings is 2. The van der Waals surface area contributed by atoms with Crippen molar-refractivity contribution in [3.05, 3.63) is 60.2 Å². The summed E-state index contributed by atoms with van der Waals surface area (Å²) in [5.74, 6) is 0.461. The molecule has 0 aliphatic heterocycles. The zero-order chi connectivity index (χ0) is 22.6. The minimum absolute atomic E-state index is 0.287. The van der Waals surface area contributed by atoms with Crippen molar-refractivity contribution < 1.29 is 28.9 Å². The van der Waals surface area contributed by atoms with Crippen molar-refractivity contribution >= 4 is 12.1 Å². The molecule has 1 N–H and O–H groups in total. The maximum absolute atomic E-state index is 12.5. The van der Waals surface area contributed by atoms with Crippen LogP contribution in [0.25, 0.3) is 0 Å². The van der Waals surface area contributed by atoms with Crippen molar-refractivity contribution in [2.45, 2.75) is 33.3 Å². The van der Waals surface area contributed by atoms with Crippen LogP contribution in [-0.4, -0.2) is 54.5 Å². The Labute approximate surface area is 183 Å². The van der Waals surface area contributed by atoms with E-state index < -0.39 is 18.2 Å². The third kappa shape index (κ3) is 8.68. The lowest BCUT2D eigenvalue weighted by molar-refractivity contribution is -0.149. The Morgan fingerprint density at radius 3 is 2.26 bits per heavy atom. The fourth-order valence-electron chi connectivity index (χ4n) is 2.98. The van der Waals surface area contributed by atoms with Gasteiger partial charge in [-0.3, -0.25) is 0 Å². The van der Waals surface area contributed by atoms with Crippen LogP contribution in [0.15, 0.2) is 54.6 Å². The monoisotopic (exact) mass is 429 g/mol. The quantitative estimate of drug-likeness (QED) is 0.543. The highest BCUT2D eigenvalue weighted by Crippen LogP contribution is 2.15. The molecule has 2 rings (SSSR count). The number of amides is 1. The standard InChI is InChI=1S/C24H31NO6/c1-4-29-22(23(26)27)16-19-10-12-20(13-11-19)30-15-14-25(17-18(2)3)24(28)31-21-8-6-5-7-9-21/h5-13,18,22H,4,14-17H2,1-3H3,(H,26,27). The van der Waals surface area contributed by atoms with Crippen molar-refractivity contribution in [1.29, 1.82) is 0 Å². The van der Waals surface area contributed by atoms with Gasteiger partial charge in [0.15, 0.2) is 6.10 Å². The fourth-order valence-corrected chi connectivity index (χ4v) is 2.98. The van der Waals surface area contributed by atoms with Gasteiger partial charge in [0.25, 0.3) is 0 Å². The average molecular weight is 430 g/mol. The van der Waals surface area contributed by atoms with Crippen LogP contribution < -0.4 is 9.47 Å². The summed E-state index contributed by atoms with van der Waals surface area (Å²) in [6.45, 7) is 7.44. The van der Waals surface area contributed by atoms with E-state index in [9.17, 15) is 14.7 Å². The number of carboxylic acid groups (broad SMARTS) is 1. The first-order chi connectivity index (χ1) is 14.9. The molecule has 2 aromatic carbocycles. The van der Waals surface area contributed by atoms with Gasteiger partial charge in [-0.1, -0.05) is 44.2 Å². The van der Waals surface area contributed by atoms with Crippen LogP contribution in [0.1, 0.15) is 26.3 Å². The number of carbonyl (C=O) groups is 2. The predicted octanol–water partition coefficient (Wildman–Crippen LogP) is 4.25. The Balaban J connectivity index is 1.88. The van der Waals surface area contributed by atoms with Crippen LogP contribution in [0.2, 0.25) is 0 Å². The van der Waals surface area contributed by atoms with E-state index in [0.717, 1.165) is 5.56 Å². The summed E-state index contributed by atoms with van der Waals surface area (Å²) in [5.41, 5.74) is 0.848. The summed E-state index contributed by atoms with van der Waals surface area (Å²) in [4.78, 5) is 25.4. The minimum atomic E-state index is -0.977. The van der Waals surface area contributed by atoms with Crippen LogP contribution in [-0.2, 0) is 16.0 Å². The zero-order valence-corrected chi connectivity index (χ0v) is 18.3. The summed E-state index contributed by atoms with van der Waals surface area (Å²) in [7, 11) is 0. The predicted molar refractivity (Wildman–Crippen MR) is 118 cm³/mol. The Kier molecular flexibility index (Phi) is 9.84. The van der Waals surface area contributed by atoms with Gasteiger partial charge in [-0.25, -0.2) is 9.59 Å². The Morgan fingerprint density at radius 1 is 1.00 bits per heavy atom. The summed E-state index contributed by atoms with van der Waals surface area (Å²) < 4.78 is 16.5. The van der Waals surface area contributed by atoms with E-state index in [2.05, 4.69) is 0 Å². The number of hydrogen-bond acceptors (Lipinski definition) is 5. The molecule has 0 bridgehead atoms. The molecule has 0 aliphatic carbocycles. The molecule has 168 valence electrons. The molecule has 2 aromatic rings. The van der Waals surface area contributed by atoms with E-state index in [1.54, 1.807) is 36.1 Å². The number of carbonyl (C=O) groups excluding carboxylic acids is 1. The van der Waals surface area contributed by atoms with E-state index in [0.29, 0.717) is 37.8 Å². The van der Waals surface area contributed by atoms with Crippen LogP contribution in [0.5, 0.6) is 11.5 Å². The highest BCUT2D eigenvalue weighted by molar-refractivity contribution is 5.72. The van der Waals surface area contributed by atoms with Crippen LogP contribution in [0.4, 0.5) is 4.79 Å². The molecule has 7 nitrogen and oxygen atoms in total. The van der Waals surface area contributed by atoms with Gasteiger partial charge in [0.2, 0.25) is 0 Å². The van der Waals surface area contributed by atoms with Crippen LogP contribution in [0, 0.1) is 5.92 Å². The topological polar surface area (TPSA) is 85.3 Å². The van der Waals surface area contributed by atoms with Gasteiger partial charge in [-0.15, -0.1) is 0 Å². The molecule has 0 aliphatic rings. The van der Waals surface area contributed by atoms with Crippen LogP contribution in [0.3, 0.4) is 0 Å². The van der Waals surface area contributed by atoms with Crippen molar-refractivity contribution in [3.8, 4) is 11.5 Å². The molecule has 0 spiro atoms. The number of aliphatic carboxylic acids is 1. The molecular formula is C24H31NO6. The first-order valence-electron chi connectivity index (χ1n) is 10.5. The zero-order valence-electron chi connectivity index (χ0n) is 18.3. The van der Waals surface area contributed by atoms with Gasteiger partial charge in [-0.2, -0.15) is 0 Å². The molecule has 1 amide bonds. The van der Waals surface area contributed by atoms with Crippen molar-refractivity contribution in [2.75, 3.05) is 26.3 Å². The molecule has 0 radical (unpaired) electrons. The number of ether oxygens (including phenoxy) is 3. The van der Waals surface area contributed by atoms with Crippen LogP contribution >= 0.6 is 0 Å². The first kappa shape index (κ1) is 24.2. The third-order valence-electron chi connectivity index (χ3n) is 4.41. The smallest absolute Gasteiger partial charge is 0.415 e. The minimum Gasteiger partial charge on any atom is -0.492 e. The molecule has 0 saturated carbocycles. The lowest BCUT2D eigenvalue weighted by Gasteiger charge is -2.24. The number of para-hydroxylation sites is 1. The van der Waals surface area contributed by atoms with E-state index in [1.807, 2.05) is 44.2 Å². The number of rotatable bonds is 12. The van der Waals surface area contributed by atoms with Gasteiger partial charge < -0.3 is 24.2 Å². The van der Waals surface area contributed by atoms with E-state index in [-0.39, 0.29) is 12.3 Å². The second-order valence-electron chi connectivity index (χ2n) is 7.50. The highest BCUT2D eigenvalue weighted by atomic mass is 16.6. The molecule has 1 atom stereocenters. The second-order valence-corrected chi connectivity index (χ2v) is 7.50. The lowest BCUT2D eigenvalue weighted by Crippen LogP contribution is -2.39. The maximum Gasteiger partial charge on any atom is 0.415 e. The average Bonchev–Trinajstić information content (AvgIpc) is 2.74. The van der Waals surface area contributed by atoms with Gasteiger partial charge in [0.05, 0.1) is 6.54 Å². The first-order valence-corrected chi connectivity index (χ1v) is 10.5. The van der Waals surface area contributed by atoms with Crippen molar-refractivity contribution in [1.82, 2.24) is 4.90 Å². The number of nitrogens with zero attached hydrogens (tertiary/aromatic N) is 1. The Morgan fingerprint density at radius 2 is 1.68 bits per heavy atom. The summed E-state index contributed by atoms with van der Waals surface area (Å²) in [6, 6.07) is 16.2. The van der Waals surface area contributed by atoms with Gasteiger partial charge in [0.1, 0.15) is 18.1 Å². The molecule has 0 heterocycles. The van der Waals surface area contributed by atoms with E-state index >= 15 is 0 Å². The maximum atomic E-state index is 12.5. The molecule has 1 unspecified atom stereocenters. The van der Waals surface area contributed by atoms with Crippen molar-refractivity contribution in [2.24, 2.45) is 5.92 Å². The van der Waals surface area contributed by atoms with E-state index in [4.69, 9.17) is 14.2 Å². The fraction of sp³-hybridized carbons (Fsp3) is 0.417. The van der Waals surface area contributed by atoms with Crippen molar-refractivity contribution in [3.63, 3.8) is 0 Å². The summed E-state index contributed by atoms with van der Waals surface area (Å²) >= 11 is 0. The molecule has 31 heavy (non-hydrogen) atoms. The second kappa shape index (κ2) is 12.6. The summed E-state index contributed by atoms with van der Waals surface area (Å²) in [5, 5.41) is 9.20. The molecular weight excluding hydrogens is 398 g/mol. The number of hydrogen-bond donors (Lipinski definition) is 1. The highest BCUT2D eigenvalue weighted by Gasteiger charge is 2.19. The Bertz CT molecular complexity index is 807. The molecule has 0 saturated heterocycles. The molecule has 0 aromatic heterocycles. The van der Waals surface area contributed by atoms with Gasteiger partial charge in [0, 0.05) is 19.6 Å².